The normalized spacial score (nSPS) is 11.3. The average Bonchev–Trinajstić information content (AvgIpc) is 2.24. The molecule has 6 heteroatoms. The predicted molar refractivity (Wildman–Crippen MR) is 75.3 cm³/mol. The predicted octanol–water partition coefficient (Wildman–Crippen LogP) is 1.50. The van der Waals surface area contributed by atoms with Gasteiger partial charge in [-0.05, 0) is 42.3 Å². The van der Waals surface area contributed by atoms with E-state index in [0.29, 0.717) is 10.2 Å². The molecule has 1 amide bonds. The van der Waals surface area contributed by atoms with E-state index >= 15 is 0 Å². The van der Waals surface area contributed by atoms with Crippen LogP contribution in [0.1, 0.15) is 27.2 Å². The number of nitrogens with one attached hydrogen (secondary N) is 1. The summed E-state index contributed by atoms with van der Waals surface area (Å²) >= 11 is 3.12. The molecule has 0 unspecified atom stereocenters. The number of rotatable bonds is 4. The molecule has 0 aliphatic rings. The molecule has 1 rings (SSSR count). The second-order valence-electron chi connectivity index (χ2n) is 4.84. The summed E-state index contributed by atoms with van der Waals surface area (Å²) in [6.07, 6.45) is 2.28. The van der Waals surface area contributed by atoms with Crippen LogP contribution in [0.2, 0.25) is 0 Å². The fraction of sp³-hybridized carbons (Fsp3) is 0.500. The van der Waals surface area contributed by atoms with Gasteiger partial charge < -0.3 is 15.6 Å². The number of hydrogen-bond acceptors (Lipinski definition) is 3. The molecule has 3 N–H and O–H groups in total. The number of nitrogens with two attached hydrogens (primary N) is 1. The number of aromatic nitrogens is 1. The Morgan fingerprint density at radius 3 is 2.72 bits per heavy atom. The second-order valence-corrected chi connectivity index (χ2v) is 5.69. The van der Waals surface area contributed by atoms with Gasteiger partial charge in [-0.1, -0.05) is 6.92 Å². The van der Waals surface area contributed by atoms with E-state index in [1.165, 1.54) is 16.8 Å². The molecule has 0 spiro atoms. The van der Waals surface area contributed by atoms with E-state index in [9.17, 15) is 9.59 Å². The van der Waals surface area contributed by atoms with Gasteiger partial charge in [-0.25, -0.2) is 0 Å². The van der Waals surface area contributed by atoms with Crippen LogP contribution in [0.25, 0.3) is 0 Å². The maximum Gasteiger partial charge on any atom is 0.265 e. The summed E-state index contributed by atoms with van der Waals surface area (Å²) in [7, 11) is 0. The third kappa shape index (κ3) is 3.87. The maximum atomic E-state index is 11.8. The zero-order valence-corrected chi connectivity index (χ0v) is 12.4. The van der Waals surface area contributed by atoms with E-state index in [1.54, 1.807) is 0 Å². The van der Waals surface area contributed by atoms with E-state index in [4.69, 9.17) is 5.73 Å². The topological polar surface area (TPSA) is 77.1 Å². The van der Waals surface area contributed by atoms with Crippen molar-refractivity contribution < 1.29 is 4.79 Å². The number of halogens is 1. The van der Waals surface area contributed by atoms with Crippen LogP contribution in [0, 0.1) is 0 Å². The van der Waals surface area contributed by atoms with Gasteiger partial charge in [0.2, 0.25) is 5.91 Å². The zero-order valence-electron chi connectivity index (χ0n) is 10.8. The third-order valence-electron chi connectivity index (χ3n) is 2.74. The number of hydrogen-bond donors (Lipinski definition) is 2. The largest absolute Gasteiger partial charge is 0.398 e. The van der Waals surface area contributed by atoms with E-state index in [-0.39, 0.29) is 23.6 Å². The van der Waals surface area contributed by atoms with Gasteiger partial charge in [0.25, 0.3) is 5.56 Å². The van der Waals surface area contributed by atoms with Crippen LogP contribution in [-0.2, 0) is 11.3 Å². The van der Waals surface area contributed by atoms with Gasteiger partial charge in [-0.3, -0.25) is 9.59 Å². The van der Waals surface area contributed by atoms with Crippen molar-refractivity contribution in [1.29, 1.82) is 0 Å². The highest BCUT2D eigenvalue weighted by Crippen LogP contribution is 2.09. The summed E-state index contributed by atoms with van der Waals surface area (Å²) in [5.74, 6) is -0.207. The maximum absolute atomic E-state index is 11.8. The van der Waals surface area contributed by atoms with Gasteiger partial charge >= 0.3 is 0 Å². The molecule has 0 fully saturated rings. The van der Waals surface area contributed by atoms with Crippen molar-refractivity contribution in [3.63, 3.8) is 0 Å². The number of amides is 1. The average molecular weight is 316 g/mol. The first kappa shape index (κ1) is 14.8. The number of carbonyl (C=O) groups is 1. The second kappa shape index (κ2) is 5.56. The van der Waals surface area contributed by atoms with Crippen LogP contribution in [0.15, 0.2) is 21.5 Å². The number of carbonyl (C=O) groups excluding carboxylic acids is 1. The lowest BCUT2D eigenvalue weighted by molar-refractivity contribution is -0.123. The van der Waals surface area contributed by atoms with Crippen LogP contribution in [0.3, 0.4) is 0 Å². The minimum absolute atomic E-state index is 0.0358. The molecule has 0 aliphatic heterocycles. The first-order chi connectivity index (χ1) is 8.25. The number of pyridine rings is 1. The van der Waals surface area contributed by atoms with Crippen molar-refractivity contribution in [3.8, 4) is 0 Å². The Morgan fingerprint density at radius 2 is 2.17 bits per heavy atom. The quantitative estimate of drug-likeness (QED) is 0.884. The van der Waals surface area contributed by atoms with Crippen molar-refractivity contribution in [2.75, 3.05) is 5.73 Å². The fourth-order valence-electron chi connectivity index (χ4n) is 1.40. The van der Waals surface area contributed by atoms with Gasteiger partial charge in [0.1, 0.15) is 6.54 Å². The molecule has 0 atom stereocenters. The van der Waals surface area contributed by atoms with Crippen molar-refractivity contribution >= 4 is 27.5 Å². The highest BCUT2D eigenvalue weighted by Gasteiger charge is 2.18. The summed E-state index contributed by atoms with van der Waals surface area (Å²) in [6.45, 7) is 5.82. The molecule has 0 bridgehead atoms. The standard InChI is InChI=1S/C12H18BrN3O2/c1-4-12(2,3)15-10(17)7-16-6-8(14)5-9(13)11(16)18/h5-6H,4,7,14H2,1-3H3,(H,15,17). The fourth-order valence-corrected chi connectivity index (χ4v) is 1.89. The minimum Gasteiger partial charge on any atom is -0.398 e. The molecule has 0 aromatic carbocycles. The van der Waals surface area contributed by atoms with Crippen LogP contribution >= 0.6 is 15.9 Å². The summed E-state index contributed by atoms with van der Waals surface area (Å²) < 4.78 is 1.64. The van der Waals surface area contributed by atoms with E-state index < -0.39 is 0 Å². The molecule has 1 aromatic rings. The molecule has 0 saturated carbocycles. The lowest BCUT2D eigenvalue weighted by Crippen LogP contribution is -2.45. The number of nitrogen functional groups attached to an aromatic ring is 1. The van der Waals surface area contributed by atoms with Crippen LogP contribution in [0.5, 0.6) is 0 Å². The number of nitrogens with zero attached hydrogens (tertiary/aromatic N) is 1. The Morgan fingerprint density at radius 1 is 1.56 bits per heavy atom. The van der Waals surface area contributed by atoms with E-state index in [1.807, 2.05) is 20.8 Å². The van der Waals surface area contributed by atoms with Gasteiger partial charge in [-0.15, -0.1) is 0 Å². The molecule has 100 valence electrons. The Labute approximate surface area is 114 Å². The van der Waals surface area contributed by atoms with Crippen LogP contribution in [0.4, 0.5) is 5.69 Å². The van der Waals surface area contributed by atoms with Crippen molar-refractivity contribution in [3.05, 3.63) is 27.1 Å². The van der Waals surface area contributed by atoms with Crippen molar-refractivity contribution in [2.24, 2.45) is 0 Å². The summed E-state index contributed by atoms with van der Waals surface area (Å²) in [5, 5.41) is 2.87. The monoisotopic (exact) mass is 315 g/mol. The Hall–Kier alpha value is -1.30. The summed E-state index contributed by atoms with van der Waals surface area (Å²) in [4.78, 5) is 23.6. The van der Waals surface area contributed by atoms with Gasteiger partial charge in [0, 0.05) is 17.4 Å². The van der Waals surface area contributed by atoms with Gasteiger partial charge in [0.15, 0.2) is 0 Å². The highest BCUT2D eigenvalue weighted by molar-refractivity contribution is 9.10. The Kier molecular flexibility index (Phi) is 4.56. The molecule has 0 radical (unpaired) electrons. The highest BCUT2D eigenvalue weighted by atomic mass is 79.9. The molecular formula is C12H18BrN3O2. The first-order valence-electron chi connectivity index (χ1n) is 5.71. The smallest absolute Gasteiger partial charge is 0.265 e. The third-order valence-corrected chi connectivity index (χ3v) is 3.31. The lowest BCUT2D eigenvalue weighted by Gasteiger charge is -2.24. The van der Waals surface area contributed by atoms with E-state index in [2.05, 4.69) is 21.2 Å². The van der Waals surface area contributed by atoms with Gasteiger partial charge in [0.05, 0.1) is 4.47 Å². The molecule has 0 aliphatic carbocycles. The SMILES string of the molecule is CCC(C)(C)NC(=O)Cn1cc(N)cc(Br)c1=O. The van der Waals surface area contributed by atoms with Gasteiger partial charge in [-0.2, -0.15) is 0 Å². The molecule has 18 heavy (non-hydrogen) atoms. The summed E-state index contributed by atoms with van der Waals surface area (Å²) in [6, 6.07) is 1.52. The molecule has 1 aromatic heterocycles. The van der Waals surface area contributed by atoms with Crippen molar-refractivity contribution in [1.82, 2.24) is 9.88 Å². The molecule has 5 nitrogen and oxygen atoms in total. The minimum atomic E-state index is -0.280. The zero-order chi connectivity index (χ0) is 13.9. The lowest BCUT2D eigenvalue weighted by atomic mass is 10.0. The Bertz CT molecular complexity index is 509. The first-order valence-corrected chi connectivity index (χ1v) is 6.51. The van der Waals surface area contributed by atoms with Crippen molar-refractivity contribution in [2.45, 2.75) is 39.3 Å². The molecular weight excluding hydrogens is 298 g/mol. The Balaban J connectivity index is 2.86. The number of anilines is 1. The van der Waals surface area contributed by atoms with E-state index in [0.717, 1.165) is 6.42 Å². The van der Waals surface area contributed by atoms with Crippen LogP contribution in [-0.4, -0.2) is 16.0 Å². The molecule has 0 saturated heterocycles. The molecule has 1 heterocycles. The summed E-state index contributed by atoms with van der Waals surface area (Å²) in [5.41, 5.74) is 5.52. The van der Waals surface area contributed by atoms with Crippen LogP contribution < -0.4 is 16.6 Å².